The van der Waals surface area contributed by atoms with Crippen molar-refractivity contribution in [3.63, 3.8) is 0 Å². The summed E-state index contributed by atoms with van der Waals surface area (Å²) in [5.41, 5.74) is -2.24. The van der Waals surface area contributed by atoms with Crippen molar-refractivity contribution in [1.29, 1.82) is 0 Å². The van der Waals surface area contributed by atoms with Crippen LogP contribution in [0.2, 0.25) is 0 Å². The van der Waals surface area contributed by atoms with Crippen molar-refractivity contribution in [2.45, 2.75) is 63.8 Å². The van der Waals surface area contributed by atoms with Crippen molar-refractivity contribution in [1.82, 2.24) is 9.47 Å². The number of amides is 1. The minimum absolute atomic E-state index is 0.0379. The molecule has 2 heterocycles. The number of fused-ring (bicyclic) bond motifs is 1. The van der Waals surface area contributed by atoms with Crippen LogP contribution in [0.5, 0.6) is 11.5 Å². The van der Waals surface area contributed by atoms with Gasteiger partial charge in [-0.05, 0) is 42.8 Å². The van der Waals surface area contributed by atoms with E-state index in [9.17, 15) is 27.9 Å². The maximum atomic E-state index is 13.4. The molecule has 2 aromatic rings. The van der Waals surface area contributed by atoms with Gasteiger partial charge in [-0.2, -0.15) is 13.2 Å². The van der Waals surface area contributed by atoms with Crippen molar-refractivity contribution < 1.29 is 32.5 Å². The van der Waals surface area contributed by atoms with Crippen LogP contribution in [-0.2, 0) is 11.3 Å². The molecule has 1 saturated carbocycles. The Morgan fingerprint density at radius 1 is 1.14 bits per heavy atom. The van der Waals surface area contributed by atoms with Gasteiger partial charge in [0.05, 0.1) is 38.2 Å². The molecule has 0 radical (unpaired) electrons. The van der Waals surface area contributed by atoms with Crippen molar-refractivity contribution in [3.05, 3.63) is 34.7 Å². The number of likely N-dealkylation sites (tertiary alicyclic amines) is 1. The van der Waals surface area contributed by atoms with Gasteiger partial charge in [0.2, 0.25) is 5.91 Å². The molecule has 1 amide bonds. The van der Waals surface area contributed by atoms with Crippen LogP contribution in [0.15, 0.2) is 29.2 Å². The maximum absolute atomic E-state index is 13.4. The molecule has 36 heavy (non-hydrogen) atoms. The van der Waals surface area contributed by atoms with Gasteiger partial charge in [0.1, 0.15) is 0 Å². The number of carbonyl (C=O) groups is 1. The lowest BCUT2D eigenvalue weighted by Crippen LogP contribution is -2.62. The zero-order valence-electron chi connectivity index (χ0n) is 20.9. The van der Waals surface area contributed by atoms with Crippen LogP contribution >= 0.6 is 0 Å². The fourth-order valence-electron chi connectivity index (χ4n) is 6.05. The number of ether oxygens (including phenoxy) is 2. The molecule has 1 aromatic heterocycles. The van der Waals surface area contributed by atoms with Gasteiger partial charge in [-0.3, -0.25) is 9.59 Å². The predicted octanol–water partition coefficient (Wildman–Crippen LogP) is 4.13. The lowest BCUT2D eigenvalue weighted by atomic mass is 9.65. The molecule has 1 aliphatic carbocycles. The molecular formula is C26H33F3N2O5. The number of carbonyl (C=O) groups excluding carboxylic acids is 1. The van der Waals surface area contributed by atoms with Gasteiger partial charge in [-0.25, -0.2) is 0 Å². The van der Waals surface area contributed by atoms with E-state index in [1.54, 1.807) is 24.4 Å². The number of aliphatic hydroxyl groups is 1. The number of halogens is 3. The number of aromatic nitrogens is 1. The Morgan fingerprint density at radius 2 is 1.78 bits per heavy atom. The Hall–Kier alpha value is -2.75. The predicted molar refractivity (Wildman–Crippen MR) is 128 cm³/mol. The van der Waals surface area contributed by atoms with Crippen LogP contribution < -0.4 is 15.0 Å². The number of piperidine rings is 1. The molecule has 2 unspecified atom stereocenters. The van der Waals surface area contributed by atoms with Crippen molar-refractivity contribution >= 4 is 16.7 Å². The number of pyridine rings is 1. The van der Waals surface area contributed by atoms with Crippen molar-refractivity contribution in [2.24, 2.45) is 11.3 Å². The third-order valence-electron chi connectivity index (χ3n) is 8.02. The molecule has 7 nitrogen and oxygen atoms in total. The van der Waals surface area contributed by atoms with Crippen LogP contribution in [-0.4, -0.2) is 59.6 Å². The maximum Gasteiger partial charge on any atom is 0.389 e. The largest absolute Gasteiger partial charge is 0.493 e. The summed E-state index contributed by atoms with van der Waals surface area (Å²) in [4.78, 5) is 27.7. The highest BCUT2D eigenvalue weighted by Crippen LogP contribution is 2.52. The Balaban J connectivity index is 1.63. The van der Waals surface area contributed by atoms with Crippen LogP contribution in [0.3, 0.4) is 0 Å². The van der Waals surface area contributed by atoms with E-state index in [0.717, 1.165) is 12.8 Å². The fraction of sp³-hybridized carbons (Fsp3) is 0.615. The van der Waals surface area contributed by atoms with E-state index < -0.39 is 35.4 Å². The smallest absolute Gasteiger partial charge is 0.389 e. The number of hydrogen-bond donors (Lipinski definition) is 1. The monoisotopic (exact) mass is 510 g/mol. The summed E-state index contributed by atoms with van der Waals surface area (Å²) in [6, 6.07) is 5.12. The highest BCUT2D eigenvalue weighted by molar-refractivity contribution is 5.85. The highest BCUT2D eigenvalue weighted by Gasteiger charge is 2.56. The van der Waals surface area contributed by atoms with Crippen LogP contribution in [0.1, 0.15) is 45.4 Å². The second-order valence-corrected chi connectivity index (χ2v) is 10.3. The summed E-state index contributed by atoms with van der Waals surface area (Å²) in [6.45, 7) is 1.68. The first-order valence-corrected chi connectivity index (χ1v) is 12.2. The van der Waals surface area contributed by atoms with E-state index >= 15 is 0 Å². The van der Waals surface area contributed by atoms with Gasteiger partial charge in [0.25, 0.3) is 5.56 Å². The molecule has 4 rings (SSSR count). The number of alkyl halides is 3. The third-order valence-corrected chi connectivity index (χ3v) is 8.02. The third kappa shape index (κ3) is 4.79. The summed E-state index contributed by atoms with van der Waals surface area (Å²) < 4.78 is 50.8. The van der Waals surface area contributed by atoms with Crippen molar-refractivity contribution in [2.75, 3.05) is 27.3 Å². The minimum Gasteiger partial charge on any atom is -0.493 e. The van der Waals surface area contributed by atoms with Crippen LogP contribution in [0, 0.1) is 11.3 Å². The Kier molecular flexibility index (Phi) is 7.02. The standard InChI is InChI=1S/C26H33F3N2O5/c1-17(14-26(27,28)29)22(32)31-11-9-25(34,24(15-31)7-4-5-8-24)16-30-10-6-18-12-20(35-2)21(36-3)13-19(18)23(30)33/h6,10,12-13,17,34H,4-5,7-9,11,14-16H2,1-3H3. The zero-order valence-corrected chi connectivity index (χ0v) is 20.9. The average Bonchev–Trinajstić information content (AvgIpc) is 3.30. The molecule has 0 bridgehead atoms. The molecule has 1 aromatic carbocycles. The number of benzene rings is 1. The van der Waals surface area contributed by atoms with E-state index in [2.05, 4.69) is 0 Å². The first-order chi connectivity index (χ1) is 16.9. The van der Waals surface area contributed by atoms with Crippen LogP contribution in [0.4, 0.5) is 13.2 Å². The van der Waals surface area contributed by atoms with E-state index in [1.807, 2.05) is 0 Å². The van der Waals surface area contributed by atoms with Gasteiger partial charge in [-0.15, -0.1) is 0 Å². The van der Waals surface area contributed by atoms with Crippen LogP contribution in [0.25, 0.3) is 10.8 Å². The highest BCUT2D eigenvalue weighted by atomic mass is 19.4. The minimum atomic E-state index is -4.42. The molecule has 1 aliphatic heterocycles. The number of methoxy groups -OCH3 is 2. The quantitative estimate of drug-likeness (QED) is 0.632. The summed E-state index contributed by atoms with van der Waals surface area (Å²) in [6.07, 6.45) is -0.754. The molecule has 2 atom stereocenters. The van der Waals surface area contributed by atoms with E-state index in [4.69, 9.17) is 9.47 Å². The van der Waals surface area contributed by atoms with Gasteiger partial charge in [-0.1, -0.05) is 19.8 Å². The van der Waals surface area contributed by atoms with Gasteiger partial charge >= 0.3 is 6.18 Å². The number of nitrogens with zero attached hydrogens (tertiary/aromatic N) is 2. The first-order valence-electron chi connectivity index (χ1n) is 12.2. The Bertz CT molecular complexity index is 1190. The Labute approximate surface area is 207 Å². The summed E-state index contributed by atoms with van der Waals surface area (Å²) in [7, 11) is 3.00. The molecule has 1 spiro atoms. The van der Waals surface area contributed by atoms with E-state index in [-0.39, 0.29) is 31.6 Å². The van der Waals surface area contributed by atoms with E-state index in [0.29, 0.717) is 35.1 Å². The zero-order chi connectivity index (χ0) is 26.3. The fourth-order valence-corrected chi connectivity index (χ4v) is 6.05. The second-order valence-electron chi connectivity index (χ2n) is 10.3. The molecule has 198 valence electrons. The number of rotatable bonds is 6. The molecule has 1 N–H and O–H groups in total. The molecular weight excluding hydrogens is 477 g/mol. The summed E-state index contributed by atoms with van der Waals surface area (Å²) in [5, 5.41) is 13.1. The summed E-state index contributed by atoms with van der Waals surface area (Å²) in [5.74, 6) is -0.789. The van der Waals surface area contributed by atoms with Gasteiger partial charge < -0.3 is 24.0 Å². The van der Waals surface area contributed by atoms with Gasteiger partial charge in [0.15, 0.2) is 11.5 Å². The SMILES string of the molecule is COc1cc2ccn(CC3(O)CCN(C(=O)C(C)CC(F)(F)F)CC34CCCC4)c(=O)c2cc1OC. The average molecular weight is 511 g/mol. The molecule has 10 heteroatoms. The molecule has 2 aliphatic rings. The molecule has 1 saturated heterocycles. The normalized spacial score (nSPS) is 22.7. The first kappa shape index (κ1) is 26.3. The lowest BCUT2D eigenvalue weighted by molar-refractivity contribution is -0.172. The lowest BCUT2D eigenvalue weighted by Gasteiger charge is -2.52. The number of hydrogen-bond acceptors (Lipinski definition) is 5. The van der Waals surface area contributed by atoms with E-state index in [1.165, 1.54) is 30.6 Å². The van der Waals surface area contributed by atoms with Crippen molar-refractivity contribution in [3.8, 4) is 11.5 Å². The summed E-state index contributed by atoms with van der Waals surface area (Å²) >= 11 is 0. The topological polar surface area (TPSA) is 81.0 Å². The molecule has 2 fully saturated rings. The second kappa shape index (κ2) is 9.61. The van der Waals surface area contributed by atoms with Gasteiger partial charge in [0, 0.05) is 30.6 Å². The Morgan fingerprint density at radius 3 is 2.39 bits per heavy atom.